The molecular weight excluding hydrogens is 342 g/mol. The van der Waals surface area contributed by atoms with Crippen LogP contribution >= 0.6 is 23.8 Å². The zero-order chi connectivity index (χ0) is 16.9. The minimum Gasteiger partial charge on any atom is -0.463 e. The fourth-order valence-corrected chi connectivity index (χ4v) is 3.54. The van der Waals surface area contributed by atoms with Crippen LogP contribution in [0.15, 0.2) is 41.0 Å². The molecule has 0 amide bonds. The van der Waals surface area contributed by atoms with Crippen LogP contribution in [0.25, 0.3) is 0 Å². The number of anilines is 1. The van der Waals surface area contributed by atoms with Gasteiger partial charge in [0.25, 0.3) is 0 Å². The third-order valence-electron chi connectivity index (χ3n) is 4.52. The Bertz CT molecular complexity index is 684. The minimum absolute atomic E-state index is 0.281. The van der Waals surface area contributed by atoms with Crippen molar-refractivity contribution in [3.8, 4) is 0 Å². The number of likely N-dealkylation sites (tertiary alicyclic amines) is 1. The molecule has 1 aromatic carbocycles. The summed E-state index contributed by atoms with van der Waals surface area (Å²) in [6.45, 7) is 5.09. The zero-order valence-electron chi connectivity index (χ0n) is 13.8. The Morgan fingerprint density at radius 1 is 1.33 bits per heavy atom. The second-order valence-corrected chi connectivity index (χ2v) is 7.05. The van der Waals surface area contributed by atoms with E-state index < -0.39 is 0 Å². The molecule has 128 valence electrons. The van der Waals surface area contributed by atoms with Gasteiger partial charge >= 0.3 is 0 Å². The number of rotatable bonds is 5. The third-order valence-corrected chi connectivity index (χ3v) is 5.18. The topological polar surface area (TPSA) is 41.6 Å². The summed E-state index contributed by atoms with van der Waals surface area (Å²) in [7, 11) is 0. The number of furan rings is 1. The molecule has 24 heavy (non-hydrogen) atoms. The summed E-state index contributed by atoms with van der Waals surface area (Å²) >= 11 is 11.6. The Hall–Kier alpha value is -1.56. The van der Waals surface area contributed by atoms with Gasteiger partial charge in [-0.2, -0.15) is 0 Å². The Morgan fingerprint density at radius 3 is 2.79 bits per heavy atom. The van der Waals surface area contributed by atoms with Gasteiger partial charge in [-0.15, -0.1) is 0 Å². The molecule has 0 spiro atoms. The van der Waals surface area contributed by atoms with E-state index in [9.17, 15) is 0 Å². The van der Waals surface area contributed by atoms with E-state index in [1.54, 1.807) is 11.2 Å². The highest BCUT2D eigenvalue weighted by Crippen LogP contribution is 2.20. The fourth-order valence-electron chi connectivity index (χ4n) is 3.15. The normalized spacial score (nSPS) is 16.1. The van der Waals surface area contributed by atoms with Crippen LogP contribution in [-0.2, 0) is 0 Å². The molecule has 3 rings (SSSR count). The summed E-state index contributed by atoms with van der Waals surface area (Å²) in [4.78, 5) is 1.55. The molecule has 6 heteroatoms. The van der Waals surface area contributed by atoms with Crippen LogP contribution in [-0.4, -0.2) is 24.7 Å². The van der Waals surface area contributed by atoms with Gasteiger partial charge in [-0.1, -0.05) is 17.7 Å². The van der Waals surface area contributed by atoms with E-state index in [4.69, 9.17) is 28.2 Å². The second kappa shape index (κ2) is 8.01. The number of aryl methyl sites for hydroxylation is 1. The quantitative estimate of drug-likeness (QED) is 0.713. The molecule has 1 aliphatic heterocycles. The van der Waals surface area contributed by atoms with E-state index in [1.807, 2.05) is 37.3 Å². The maximum absolute atomic E-state index is 6.16. The number of nitrogens with one attached hydrogen (secondary N) is 3. The number of hydrogen-bond acceptors (Lipinski definition) is 2. The summed E-state index contributed by atoms with van der Waals surface area (Å²) in [6, 6.07) is 10.1. The molecule has 0 saturated carbocycles. The molecule has 1 fully saturated rings. The van der Waals surface area contributed by atoms with Gasteiger partial charge < -0.3 is 20.0 Å². The highest BCUT2D eigenvalue weighted by atomic mass is 35.5. The highest BCUT2D eigenvalue weighted by molar-refractivity contribution is 7.80. The van der Waals surface area contributed by atoms with E-state index in [1.165, 1.54) is 25.9 Å². The molecule has 1 saturated heterocycles. The van der Waals surface area contributed by atoms with Crippen LogP contribution in [0, 0.1) is 6.92 Å². The molecule has 0 unspecified atom stereocenters. The Kier molecular flexibility index (Phi) is 5.76. The first-order chi connectivity index (χ1) is 11.6. The molecule has 2 heterocycles. The zero-order valence-corrected chi connectivity index (χ0v) is 15.3. The molecular formula is C18H23ClN3OS+. The van der Waals surface area contributed by atoms with Crippen LogP contribution in [0.3, 0.4) is 0 Å². The van der Waals surface area contributed by atoms with Crippen molar-refractivity contribution in [2.45, 2.75) is 25.8 Å². The summed E-state index contributed by atoms with van der Waals surface area (Å²) < 4.78 is 5.65. The van der Waals surface area contributed by atoms with Gasteiger partial charge in [-0.05, 0) is 49.0 Å². The number of halogens is 1. The Morgan fingerprint density at radius 2 is 2.12 bits per heavy atom. The first-order valence-corrected chi connectivity index (χ1v) is 9.11. The Labute approximate surface area is 153 Å². The van der Waals surface area contributed by atoms with E-state index in [2.05, 4.69) is 10.6 Å². The average molecular weight is 365 g/mol. The Balaban J connectivity index is 1.59. The predicted octanol–water partition coefficient (Wildman–Crippen LogP) is 2.95. The van der Waals surface area contributed by atoms with Crippen molar-refractivity contribution in [2.24, 2.45) is 0 Å². The van der Waals surface area contributed by atoms with Gasteiger partial charge in [0.2, 0.25) is 0 Å². The summed E-state index contributed by atoms with van der Waals surface area (Å²) in [5, 5.41) is 7.86. The van der Waals surface area contributed by atoms with Crippen molar-refractivity contribution >= 4 is 34.6 Å². The van der Waals surface area contributed by atoms with Gasteiger partial charge in [-0.3, -0.25) is 0 Å². The van der Waals surface area contributed by atoms with Crippen LogP contribution in [0.4, 0.5) is 5.69 Å². The number of hydrogen-bond donors (Lipinski definition) is 3. The molecule has 0 radical (unpaired) electrons. The van der Waals surface area contributed by atoms with Gasteiger partial charge in [0.05, 0.1) is 25.9 Å². The van der Waals surface area contributed by atoms with Gasteiger partial charge in [0.1, 0.15) is 0 Å². The molecule has 4 nitrogen and oxygen atoms in total. The summed E-state index contributed by atoms with van der Waals surface area (Å²) in [5.41, 5.74) is 1.95. The van der Waals surface area contributed by atoms with Crippen molar-refractivity contribution in [2.75, 3.05) is 25.0 Å². The van der Waals surface area contributed by atoms with Crippen molar-refractivity contribution < 1.29 is 9.32 Å². The maximum Gasteiger partial charge on any atom is 0.171 e. The highest BCUT2D eigenvalue weighted by Gasteiger charge is 2.29. The van der Waals surface area contributed by atoms with E-state index >= 15 is 0 Å². The van der Waals surface area contributed by atoms with Crippen LogP contribution in [0.5, 0.6) is 0 Å². The summed E-state index contributed by atoms with van der Waals surface area (Å²) in [5.74, 6) is 1.01. The van der Waals surface area contributed by atoms with E-state index in [0.717, 1.165) is 28.6 Å². The monoisotopic (exact) mass is 364 g/mol. The predicted molar refractivity (Wildman–Crippen MR) is 102 cm³/mol. The average Bonchev–Trinajstić information content (AvgIpc) is 3.25. The number of quaternary nitrogens is 1. The standard InChI is InChI=1S/C18H22ClN3OS/c1-13-6-7-14(11-15(13)19)21-18(24)20-12-16(17-5-4-10-23-17)22-8-2-3-9-22/h4-7,10-11,16H,2-3,8-9,12H2,1H3,(H2,20,21,24)/p+1/t16-/m1/s1. The van der Waals surface area contributed by atoms with Crippen molar-refractivity contribution in [1.82, 2.24) is 5.32 Å². The largest absolute Gasteiger partial charge is 0.463 e. The molecule has 0 aliphatic carbocycles. The minimum atomic E-state index is 0.281. The van der Waals surface area contributed by atoms with Crippen LogP contribution in [0.2, 0.25) is 5.02 Å². The van der Waals surface area contributed by atoms with Crippen molar-refractivity contribution in [3.63, 3.8) is 0 Å². The van der Waals surface area contributed by atoms with Crippen molar-refractivity contribution in [1.29, 1.82) is 0 Å². The first kappa shape index (κ1) is 17.3. The molecule has 3 N–H and O–H groups in total. The van der Waals surface area contributed by atoms with E-state index in [0.29, 0.717) is 5.11 Å². The fraction of sp³-hybridized carbons (Fsp3) is 0.389. The van der Waals surface area contributed by atoms with Gasteiger partial charge in [0.15, 0.2) is 16.9 Å². The lowest BCUT2D eigenvalue weighted by Crippen LogP contribution is -3.11. The smallest absolute Gasteiger partial charge is 0.171 e. The number of thiocarbonyl (C=S) groups is 1. The van der Waals surface area contributed by atoms with Gasteiger partial charge in [0, 0.05) is 23.6 Å². The lowest BCUT2D eigenvalue weighted by atomic mass is 10.2. The molecule has 1 atom stereocenters. The van der Waals surface area contributed by atoms with Crippen LogP contribution in [0.1, 0.15) is 30.2 Å². The summed E-state index contributed by atoms with van der Waals surface area (Å²) in [6.07, 6.45) is 4.29. The molecule has 1 aliphatic rings. The lowest BCUT2D eigenvalue weighted by Gasteiger charge is -2.23. The second-order valence-electron chi connectivity index (χ2n) is 6.23. The third kappa shape index (κ3) is 4.29. The SMILES string of the molecule is Cc1ccc(NC(=S)NC[C@H](c2ccco2)[NH+]2CCCC2)cc1Cl. The number of benzene rings is 1. The molecule has 1 aromatic heterocycles. The van der Waals surface area contributed by atoms with Gasteiger partial charge in [-0.25, -0.2) is 0 Å². The van der Waals surface area contributed by atoms with Crippen LogP contribution < -0.4 is 15.5 Å². The van der Waals surface area contributed by atoms with E-state index in [-0.39, 0.29) is 6.04 Å². The van der Waals surface area contributed by atoms with Crippen molar-refractivity contribution in [3.05, 3.63) is 52.9 Å². The molecule has 0 bridgehead atoms. The molecule has 2 aromatic rings. The maximum atomic E-state index is 6.16. The first-order valence-electron chi connectivity index (χ1n) is 8.32. The lowest BCUT2D eigenvalue weighted by molar-refractivity contribution is -0.919.